The van der Waals surface area contributed by atoms with Crippen LogP contribution in [0.5, 0.6) is 0 Å². The molecule has 0 spiro atoms. The second kappa shape index (κ2) is 8.47. The third-order valence-corrected chi connectivity index (χ3v) is 4.02. The Morgan fingerprint density at radius 1 is 1.29 bits per heavy atom. The summed E-state index contributed by atoms with van der Waals surface area (Å²) in [5.41, 5.74) is 2.59. The minimum absolute atomic E-state index is 0.168. The molecule has 0 saturated carbocycles. The van der Waals surface area contributed by atoms with E-state index in [4.69, 9.17) is 9.47 Å². The number of fused-ring (bicyclic) bond motifs is 1. The summed E-state index contributed by atoms with van der Waals surface area (Å²) in [7, 11) is 0. The van der Waals surface area contributed by atoms with Crippen molar-refractivity contribution in [1.82, 2.24) is 10.3 Å². The van der Waals surface area contributed by atoms with Gasteiger partial charge in [-0.2, -0.15) is 0 Å². The van der Waals surface area contributed by atoms with Crippen LogP contribution in [0.4, 0.5) is 0 Å². The molecule has 0 fully saturated rings. The van der Waals surface area contributed by atoms with Crippen molar-refractivity contribution in [3.05, 3.63) is 29.6 Å². The van der Waals surface area contributed by atoms with E-state index >= 15 is 0 Å². The van der Waals surface area contributed by atoms with Crippen LogP contribution in [0.1, 0.15) is 50.8 Å². The van der Waals surface area contributed by atoms with E-state index in [1.54, 1.807) is 0 Å². The number of aromatic nitrogens is 1. The Bertz CT molecular complexity index is 419. The third kappa shape index (κ3) is 4.02. The van der Waals surface area contributed by atoms with Crippen molar-refractivity contribution in [3.63, 3.8) is 0 Å². The lowest BCUT2D eigenvalue weighted by molar-refractivity contribution is -0.157. The number of hydrogen-bond acceptors (Lipinski definition) is 4. The molecule has 1 N–H and O–H groups in total. The van der Waals surface area contributed by atoms with E-state index in [1.165, 1.54) is 11.3 Å². The second-order valence-corrected chi connectivity index (χ2v) is 5.45. The van der Waals surface area contributed by atoms with E-state index in [-0.39, 0.29) is 12.3 Å². The van der Waals surface area contributed by atoms with Gasteiger partial charge in [-0.3, -0.25) is 4.98 Å². The molecule has 0 aromatic carbocycles. The Kier molecular flexibility index (Phi) is 6.61. The van der Waals surface area contributed by atoms with Crippen LogP contribution in [0.15, 0.2) is 18.3 Å². The van der Waals surface area contributed by atoms with Gasteiger partial charge in [0.1, 0.15) is 0 Å². The first-order valence-electron chi connectivity index (χ1n) is 8.22. The Morgan fingerprint density at radius 3 is 2.71 bits per heavy atom. The van der Waals surface area contributed by atoms with Gasteiger partial charge in [0.2, 0.25) is 0 Å². The smallest absolute Gasteiger partial charge is 0.173 e. The first kappa shape index (κ1) is 16.4. The molecule has 2 atom stereocenters. The van der Waals surface area contributed by atoms with Gasteiger partial charge in [-0.1, -0.05) is 13.0 Å². The number of ether oxygens (including phenoxy) is 2. The number of aryl methyl sites for hydroxylation is 1. The zero-order valence-electron chi connectivity index (χ0n) is 13.5. The summed E-state index contributed by atoms with van der Waals surface area (Å²) in [4.78, 5) is 4.62. The molecule has 4 heteroatoms. The van der Waals surface area contributed by atoms with E-state index < -0.39 is 0 Å². The molecule has 0 saturated heterocycles. The lowest BCUT2D eigenvalue weighted by Gasteiger charge is -2.32. The van der Waals surface area contributed by atoms with Crippen LogP contribution in [-0.4, -0.2) is 37.1 Å². The largest absolute Gasteiger partial charge is 0.351 e. The van der Waals surface area contributed by atoms with Gasteiger partial charge in [0.25, 0.3) is 0 Å². The summed E-state index contributed by atoms with van der Waals surface area (Å²) in [5.74, 6) is 0.371. The number of nitrogens with one attached hydrogen (secondary N) is 1. The van der Waals surface area contributed by atoms with Crippen molar-refractivity contribution in [1.29, 1.82) is 0 Å². The van der Waals surface area contributed by atoms with Crippen molar-refractivity contribution in [2.45, 2.75) is 58.3 Å². The van der Waals surface area contributed by atoms with Crippen LogP contribution in [0.2, 0.25) is 0 Å². The monoisotopic (exact) mass is 292 g/mol. The lowest BCUT2D eigenvalue weighted by atomic mass is 9.96. The van der Waals surface area contributed by atoms with Gasteiger partial charge in [0.05, 0.1) is 6.04 Å². The van der Waals surface area contributed by atoms with Crippen LogP contribution in [0, 0.1) is 0 Å². The van der Waals surface area contributed by atoms with Gasteiger partial charge in [0.15, 0.2) is 6.29 Å². The Balaban J connectivity index is 2.19. The Labute approximate surface area is 128 Å². The van der Waals surface area contributed by atoms with E-state index in [9.17, 15) is 0 Å². The molecule has 0 aliphatic heterocycles. The molecular formula is C17H28N2O2. The molecule has 0 radical (unpaired) electrons. The molecule has 118 valence electrons. The average molecular weight is 292 g/mol. The molecule has 1 aromatic rings. The predicted molar refractivity (Wildman–Crippen MR) is 84.4 cm³/mol. The van der Waals surface area contributed by atoms with Crippen LogP contribution in [0.25, 0.3) is 0 Å². The van der Waals surface area contributed by atoms with E-state index in [0.29, 0.717) is 19.1 Å². The van der Waals surface area contributed by atoms with Crippen molar-refractivity contribution in [2.75, 3.05) is 19.8 Å². The van der Waals surface area contributed by atoms with Crippen LogP contribution in [0.3, 0.4) is 0 Å². The molecule has 21 heavy (non-hydrogen) atoms. The van der Waals surface area contributed by atoms with Gasteiger partial charge in [-0.25, -0.2) is 0 Å². The van der Waals surface area contributed by atoms with Gasteiger partial charge < -0.3 is 14.8 Å². The maximum absolute atomic E-state index is 5.86. The number of hydrogen-bond donors (Lipinski definition) is 1. The van der Waals surface area contributed by atoms with Crippen molar-refractivity contribution >= 4 is 0 Å². The summed E-state index contributed by atoms with van der Waals surface area (Å²) in [5, 5.41) is 3.63. The quantitative estimate of drug-likeness (QED) is 0.711. The van der Waals surface area contributed by atoms with E-state index in [0.717, 1.165) is 25.8 Å². The lowest BCUT2D eigenvalue weighted by Crippen LogP contribution is -2.47. The summed E-state index contributed by atoms with van der Waals surface area (Å²) >= 11 is 0. The molecule has 2 unspecified atom stereocenters. The highest BCUT2D eigenvalue weighted by Crippen LogP contribution is 2.35. The maximum atomic E-state index is 5.86. The predicted octanol–water partition coefficient (Wildman–Crippen LogP) is 2.88. The van der Waals surface area contributed by atoms with Crippen LogP contribution >= 0.6 is 0 Å². The van der Waals surface area contributed by atoms with E-state index in [1.807, 2.05) is 26.1 Å². The van der Waals surface area contributed by atoms with E-state index in [2.05, 4.69) is 23.3 Å². The van der Waals surface area contributed by atoms with Crippen molar-refractivity contribution < 1.29 is 9.47 Å². The molecule has 1 aliphatic rings. The minimum Gasteiger partial charge on any atom is -0.351 e. The first-order chi connectivity index (χ1) is 10.3. The summed E-state index contributed by atoms with van der Waals surface area (Å²) in [6, 6.07) is 4.38. The zero-order chi connectivity index (χ0) is 15.1. The minimum atomic E-state index is -0.204. The topological polar surface area (TPSA) is 43.4 Å². The molecule has 0 amide bonds. The summed E-state index contributed by atoms with van der Waals surface area (Å²) in [6.07, 6.45) is 5.01. The fourth-order valence-electron chi connectivity index (χ4n) is 3.12. The highest BCUT2D eigenvalue weighted by Gasteiger charge is 2.36. The molecule has 1 aliphatic carbocycles. The molecular weight excluding hydrogens is 264 g/mol. The zero-order valence-corrected chi connectivity index (χ0v) is 13.5. The van der Waals surface area contributed by atoms with Gasteiger partial charge in [0, 0.05) is 31.0 Å². The first-order valence-corrected chi connectivity index (χ1v) is 8.22. The standard InChI is InChI=1S/C17H28N2O2/c1-4-11-18-16(17(20-5-2)21-6-3)14-10-9-13-8-7-12-19-15(13)14/h7-8,12,14,16-18H,4-6,9-11H2,1-3H3. The second-order valence-electron chi connectivity index (χ2n) is 5.45. The maximum Gasteiger partial charge on any atom is 0.173 e. The van der Waals surface area contributed by atoms with Crippen molar-refractivity contribution in [2.24, 2.45) is 0 Å². The van der Waals surface area contributed by atoms with Gasteiger partial charge >= 0.3 is 0 Å². The molecule has 4 nitrogen and oxygen atoms in total. The fourth-order valence-corrected chi connectivity index (χ4v) is 3.12. The number of rotatable bonds is 9. The number of nitrogens with zero attached hydrogens (tertiary/aromatic N) is 1. The molecule has 1 aromatic heterocycles. The Morgan fingerprint density at radius 2 is 2.05 bits per heavy atom. The normalized spacial score (nSPS) is 19.0. The van der Waals surface area contributed by atoms with Crippen LogP contribution in [-0.2, 0) is 15.9 Å². The highest BCUT2D eigenvalue weighted by atomic mass is 16.7. The van der Waals surface area contributed by atoms with Crippen molar-refractivity contribution in [3.8, 4) is 0 Å². The van der Waals surface area contributed by atoms with Gasteiger partial charge in [-0.15, -0.1) is 0 Å². The molecule has 0 bridgehead atoms. The molecule has 1 heterocycles. The highest BCUT2D eigenvalue weighted by molar-refractivity contribution is 5.30. The summed E-state index contributed by atoms with van der Waals surface area (Å²) in [6.45, 7) is 8.52. The molecule has 2 rings (SSSR count). The fraction of sp³-hybridized carbons (Fsp3) is 0.706. The average Bonchev–Trinajstić information content (AvgIpc) is 2.92. The number of pyridine rings is 1. The van der Waals surface area contributed by atoms with Crippen LogP contribution < -0.4 is 5.32 Å². The SMILES string of the molecule is CCCNC(C(OCC)OCC)C1CCc2cccnc21. The van der Waals surface area contributed by atoms with Gasteiger partial charge in [-0.05, 0) is 51.3 Å². The summed E-state index contributed by atoms with van der Waals surface area (Å²) < 4.78 is 11.7. The third-order valence-electron chi connectivity index (χ3n) is 4.02. The Hall–Kier alpha value is -0.970.